The van der Waals surface area contributed by atoms with Gasteiger partial charge in [-0.15, -0.1) is 0 Å². The fourth-order valence-corrected chi connectivity index (χ4v) is 3.26. The minimum atomic E-state index is -0.239. The van der Waals surface area contributed by atoms with Crippen molar-refractivity contribution in [2.45, 2.75) is 39.0 Å². The van der Waals surface area contributed by atoms with E-state index in [2.05, 4.69) is 17.6 Å². The van der Waals surface area contributed by atoms with E-state index in [9.17, 15) is 9.59 Å². The van der Waals surface area contributed by atoms with Crippen molar-refractivity contribution in [1.82, 2.24) is 0 Å². The zero-order valence-corrected chi connectivity index (χ0v) is 18.5. The smallest absolute Gasteiger partial charge is 0.255 e. The molecule has 3 aromatic rings. The Kier molecular flexibility index (Phi) is 8.87. The van der Waals surface area contributed by atoms with Crippen molar-refractivity contribution in [3.8, 4) is 5.75 Å². The van der Waals surface area contributed by atoms with Gasteiger partial charge < -0.3 is 15.4 Å². The standard InChI is InChI=1S/C27H30N2O3/c1-2-3-4-5-9-19-32-25-17-15-21(16-18-25)26(30)29-24-14-10-11-22(20-24)27(31)28-23-12-7-6-8-13-23/h6-8,10-18,20H,2-5,9,19H2,1H3,(H,28,31)(H,29,30). The average molecular weight is 431 g/mol. The van der Waals surface area contributed by atoms with Gasteiger partial charge in [-0.05, 0) is 61.0 Å². The SMILES string of the molecule is CCCCCCCOc1ccc(C(=O)Nc2cccc(C(=O)Nc3ccccc3)c2)cc1. The molecule has 0 bridgehead atoms. The van der Waals surface area contributed by atoms with Crippen molar-refractivity contribution < 1.29 is 14.3 Å². The highest BCUT2D eigenvalue weighted by atomic mass is 16.5. The molecular formula is C27H30N2O3. The van der Waals surface area contributed by atoms with E-state index in [1.54, 1.807) is 36.4 Å². The third-order valence-corrected chi connectivity index (χ3v) is 5.05. The molecule has 0 aliphatic rings. The van der Waals surface area contributed by atoms with Crippen LogP contribution in [0.25, 0.3) is 0 Å². The molecule has 5 nitrogen and oxygen atoms in total. The summed E-state index contributed by atoms with van der Waals surface area (Å²) in [5.74, 6) is 0.289. The number of nitrogens with one attached hydrogen (secondary N) is 2. The number of anilines is 2. The van der Waals surface area contributed by atoms with Gasteiger partial charge in [-0.25, -0.2) is 0 Å². The normalized spacial score (nSPS) is 10.4. The van der Waals surface area contributed by atoms with Crippen LogP contribution in [0.3, 0.4) is 0 Å². The minimum Gasteiger partial charge on any atom is -0.494 e. The fourth-order valence-electron chi connectivity index (χ4n) is 3.26. The van der Waals surface area contributed by atoms with Crippen molar-refractivity contribution in [2.24, 2.45) is 0 Å². The molecule has 0 saturated carbocycles. The molecule has 2 amide bonds. The van der Waals surface area contributed by atoms with Crippen LogP contribution in [0.15, 0.2) is 78.9 Å². The predicted molar refractivity (Wildman–Crippen MR) is 129 cm³/mol. The van der Waals surface area contributed by atoms with E-state index in [0.29, 0.717) is 23.4 Å². The van der Waals surface area contributed by atoms with Gasteiger partial charge in [-0.3, -0.25) is 9.59 Å². The van der Waals surface area contributed by atoms with Crippen LogP contribution in [0.4, 0.5) is 11.4 Å². The second kappa shape index (κ2) is 12.3. The van der Waals surface area contributed by atoms with Crippen molar-refractivity contribution >= 4 is 23.2 Å². The molecule has 0 saturated heterocycles. The number of amides is 2. The van der Waals surface area contributed by atoms with Crippen molar-refractivity contribution in [2.75, 3.05) is 17.2 Å². The number of ether oxygens (including phenoxy) is 1. The Hall–Kier alpha value is -3.60. The number of rotatable bonds is 11. The summed E-state index contributed by atoms with van der Waals surface area (Å²) in [5, 5.41) is 5.69. The Morgan fingerprint density at radius 1 is 0.688 bits per heavy atom. The monoisotopic (exact) mass is 430 g/mol. The predicted octanol–water partition coefficient (Wildman–Crippen LogP) is 6.54. The zero-order valence-electron chi connectivity index (χ0n) is 18.5. The molecule has 0 atom stereocenters. The number of unbranched alkanes of at least 4 members (excludes halogenated alkanes) is 4. The van der Waals surface area contributed by atoms with E-state index >= 15 is 0 Å². The molecule has 5 heteroatoms. The number of benzene rings is 3. The first kappa shape index (κ1) is 23.1. The quantitative estimate of drug-likeness (QED) is 0.339. The molecule has 166 valence electrons. The first-order valence-electron chi connectivity index (χ1n) is 11.2. The summed E-state index contributed by atoms with van der Waals surface area (Å²) in [7, 11) is 0. The highest BCUT2D eigenvalue weighted by molar-refractivity contribution is 6.07. The van der Waals surface area contributed by atoms with Crippen LogP contribution in [0.1, 0.15) is 59.7 Å². The maximum Gasteiger partial charge on any atom is 0.255 e. The Labute approximate surface area is 189 Å². The number of para-hydroxylation sites is 1. The van der Waals surface area contributed by atoms with Gasteiger partial charge in [0.2, 0.25) is 0 Å². The Bertz CT molecular complexity index is 1000. The van der Waals surface area contributed by atoms with Gasteiger partial charge in [0, 0.05) is 22.5 Å². The maximum atomic E-state index is 12.6. The molecule has 0 spiro atoms. The van der Waals surface area contributed by atoms with E-state index < -0.39 is 0 Å². The van der Waals surface area contributed by atoms with E-state index in [-0.39, 0.29) is 11.8 Å². The van der Waals surface area contributed by atoms with Gasteiger partial charge in [0.15, 0.2) is 0 Å². The van der Waals surface area contributed by atoms with Gasteiger partial charge in [-0.2, -0.15) is 0 Å². The van der Waals surface area contributed by atoms with Crippen LogP contribution in [-0.2, 0) is 0 Å². The first-order chi connectivity index (χ1) is 15.7. The third kappa shape index (κ3) is 7.27. The van der Waals surface area contributed by atoms with Crippen LogP contribution in [0.2, 0.25) is 0 Å². The van der Waals surface area contributed by atoms with Gasteiger partial charge in [0.1, 0.15) is 5.75 Å². The molecule has 3 aromatic carbocycles. The summed E-state index contributed by atoms with van der Waals surface area (Å²) in [6.45, 7) is 2.89. The number of carbonyl (C=O) groups excluding carboxylic acids is 2. The minimum absolute atomic E-state index is 0.233. The van der Waals surface area contributed by atoms with Crippen molar-refractivity contribution in [1.29, 1.82) is 0 Å². The van der Waals surface area contributed by atoms with Gasteiger partial charge in [0.25, 0.3) is 11.8 Å². The molecule has 32 heavy (non-hydrogen) atoms. The molecule has 0 aromatic heterocycles. The first-order valence-corrected chi connectivity index (χ1v) is 11.2. The Morgan fingerprint density at radius 3 is 2.09 bits per heavy atom. The number of carbonyl (C=O) groups is 2. The lowest BCUT2D eigenvalue weighted by atomic mass is 10.1. The topological polar surface area (TPSA) is 67.4 Å². The Balaban J connectivity index is 1.52. The molecule has 2 N–H and O–H groups in total. The van der Waals surface area contributed by atoms with E-state index in [1.807, 2.05) is 42.5 Å². The lowest BCUT2D eigenvalue weighted by Crippen LogP contribution is -2.14. The molecule has 0 heterocycles. The summed E-state index contributed by atoms with van der Waals surface area (Å²) < 4.78 is 5.75. The molecule has 0 aliphatic heterocycles. The molecule has 0 fully saturated rings. The highest BCUT2D eigenvalue weighted by Gasteiger charge is 2.10. The molecule has 0 unspecified atom stereocenters. The highest BCUT2D eigenvalue weighted by Crippen LogP contribution is 2.17. The largest absolute Gasteiger partial charge is 0.494 e. The molecular weight excluding hydrogens is 400 g/mol. The van der Waals surface area contributed by atoms with Gasteiger partial charge in [-0.1, -0.05) is 56.9 Å². The zero-order chi connectivity index (χ0) is 22.6. The van der Waals surface area contributed by atoms with Crippen molar-refractivity contribution in [3.63, 3.8) is 0 Å². The average Bonchev–Trinajstić information content (AvgIpc) is 2.82. The Morgan fingerprint density at radius 2 is 1.34 bits per heavy atom. The second-order valence-corrected chi connectivity index (χ2v) is 7.64. The van der Waals surface area contributed by atoms with Crippen LogP contribution < -0.4 is 15.4 Å². The summed E-state index contributed by atoms with van der Waals surface area (Å²) in [5.41, 5.74) is 2.27. The lowest BCUT2D eigenvalue weighted by molar-refractivity contribution is 0.101. The van der Waals surface area contributed by atoms with Gasteiger partial charge >= 0.3 is 0 Å². The number of hydrogen-bond acceptors (Lipinski definition) is 3. The number of hydrogen-bond donors (Lipinski definition) is 2. The summed E-state index contributed by atoms with van der Waals surface area (Å²) in [4.78, 5) is 25.1. The van der Waals surface area contributed by atoms with Crippen LogP contribution in [-0.4, -0.2) is 18.4 Å². The third-order valence-electron chi connectivity index (χ3n) is 5.05. The van der Waals surface area contributed by atoms with E-state index in [4.69, 9.17) is 4.74 Å². The molecule has 0 radical (unpaired) electrons. The second-order valence-electron chi connectivity index (χ2n) is 7.64. The van der Waals surface area contributed by atoms with E-state index in [0.717, 1.165) is 17.9 Å². The van der Waals surface area contributed by atoms with Crippen LogP contribution >= 0.6 is 0 Å². The van der Waals surface area contributed by atoms with Gasteiger partial charge in [0.05, 0.1) is 6.61 Å². The maximum absolute atomic E-state index is 12.6. The molecule has 3 rings (SSSR count). The lowest BCUT2D eigenvalue weighted by Gasteiger charge is -2.10. The van der Waals surface area contributed by atoms with E-state index in [1.165, 1.54) is 25.7 Å². The summed E-state index contributed by atoms with van der Waals surface area (Å²) in [6, 6.07) is 23.2. The summed E-state index contributed by atoms with van der Waals surface area (Å²) in [6.07, 6.45) is 5.96. The molecule has 0 aliphatic carbocycles. The van der Waals surface area contributed by atoms with Crippen molar-refractivity contribution in [3.05, 3.63) is 90.0 Å². The van der Waals surface area contributed by atoms with Crippen LogP contribution in [0, 0.1) is 0 Å². The van der Waals surface area contributed by atoms with Crippen LogP contribution in [0.5, 0.6) is 5.75 Å². The fraction of sp³-hybridized carbons (Fsp3) is 0.259. The summed E-state index contributed by atoms with van der Waals surface area (Å²) >= 11 is 0.